The molecule has 1 heterocycles. The van der Waals surface area contributed by atoms with E-state index >= 15 is 0 Å². The van der Waals surface area contributed by atoms with Crippen LogP contribution in [0.4, 0.5) is 0 Å². The minimum atomic E-state index is -0.457. The Bertz CT molecular complexity index is 425. The van der Waals surface area contributed by atoms with Gasteiger partial charge in [-0.05, 0) is 17.9 Å². The molecule has 2 atom stereocenters. The molecule has 16 heavy (non-hydrogen) atoms. The van der Waals surface area contributed by atoms with Gasteiger partial charge < -0.3 is 4.74 Å². The third-order valence-corrected chi connectivity index (χ3v) is 2.90. The number of ketones is 1. The maximum atomic E-state index is 11.6. The largest absolute Gasteiger partial charge is 0.469 e. The van der Waals surface area contributed by atoms with Gasteiger partial charge in [-0.3, -0.25) is 14.3 Å². The first-order valence-corrected chi connectivity index (χ1v) is 5.20. The standard InChI is InChI=1S/C11H14N2O3/c1-13-6-7(5-12-13)8-3-9(8)10(14)4-11(15)16-2/h5-6,8-9H,3-4H2,1-2H3. The molecule has 1 saturated carbocycles. The molecule has 1 aromatic heterocycles. The minimum Gasteiger partial charge on any atom is -0.469 e. The monoisotopic (exact) mass is 222 g/mol. The quantitative estimate of drug-likeness (QED) is 0.554. The lowest BCUT2D eigenvalue weighted by atomic mass is 10.1. The topological polar surface area (TPSA) is 61.2 Å². The van der Waals surface area contributed by atoms with Crippen LogP contribution in [0.15, 0.2) is 12.4 Å². The van der Waals surface area contributed by atoms with E-state index in [-0.39, 0.29) is 24.0 Å². The van der Waals surface area contributed by atoms with E-state index < -0.39 is 5.97 Å². The molecule has 0 radical (unpaired) electrons. The van der Waals surface area contributed by atoms with Gasteiger partial charge in [0.25, 0.3) is 0 Å². The van der Waals surface area contributed by atoms with E-state index in [0.29, 0.717) is 0 Å². The molecule has 5 heteroatoms. The minimum absolute atomic E-state index is 0.0247. The van der Waals surface area contributed by atoms with Crippen molar-refractivity contribution in [3.8, 4) is 0 Å². The number of carbonyl (C=O) groups excluding carboxylic acids is 2. The molecule has 1 aliphatic rings. The highest BCUT2D eigenvalue weighted by Crippen LogP contribution is 2.48. The summed E-state index contributed by atoms with van der Waals surface area (Å²) >= 11 is 0. The lowest BCUT2D eigenvalue weighted by Crippen LogP contribution is -2.11. The zero-order valence-corrected chi connectivity index (χ0v) is 9.34. The van der Waals surface area contributed by atoms with E-state index in [2.05, 4.69) is 9.84 Å². The predicted octanol–water partition coefficient (Wildman–Crippen LogP) is 0.656. The van der Waals surface area contributed by atoms with Crippen molar-refractivity contribution in [2.75, 3.05) is 7.11 Å². The first-order valence-electron chi connectivity index (χ1n) is 5.20. The van der Waals surface area contributed by atoms with Crippen LogP contribution in [-0.4, -0.2) is 28.6 Å². The number of carbonyl (C=O) groups is 2. The highest BCUT2D eigenvalue weighted by Gasteiger charge is 2.44. The fraction of sp³-hybridized carbons (Fsp3) is 0.545. The molecular weight excluding hydrogens is 208 g/mol. The van der Waals surface area contributed by atoms with Crippen LogP contribution < -0.4 is 0 Å². The SMILES string of the molecule is COC(=O)CC(=O)C1CC1c1cnn(C)c1. The zero-order chi connectivity index (χ0) is 11.7. The summed E-state index contributed by atoms with van der Waals surface area (Å²) in [5.41, 5.74) is 1.07. The molecule has 2 unspecified atom stereocenters. The molecule has 0 aliphatic heterocycles. The number of hydrogen-bond donors (Lipinski definition) is 0. The van der Waals surface area contributed by atoms with Crippen molar-refractivity contribution in [2.45, 2.75) is 18.8 Å². The van der Waals surface area contributed by atoms with Gasteiger partial charge in [-0.15, -0.1) is 0 Å². The van der Waals surface area contributed by atoms with Crippen LogP contribution in [-0.2, 0) is 21.4 Å². The van der Waals surface area contributed by atoms with Gasteiger partial charge in [0, 0.05) is 19.2 Å². The third kappa shape index (κ3) is 2.13. The van der Waals surface area contributed by atoms with Crippen molar-refractivity contribution in [1.82, 2.24) is 9.78 Å². The summed E-state index contributed by atoms with van der Waals surface area (Å²) in [5, 5.41) is 4.06. The third-order valence-electron chi connectivity index (χ3n) is 2.90. The van der Waals surface area contributed by atoms with Crippen molar-refractivity contribution in [3.63, 3.8) is 0 Å². The smallest absolute Gasteiger partial charge is 0.313 e. The average molecular weight is 222 g/mol. The maximum absolute atomic E-state index is 11.6. The van der Waals surface area contributed by atoms with E-state index in [1.165, 1.54) is 7.11 Å². The molecule has 5 nitrogen and oxygen atoms in total. The molecule has 1 aromatic rings. The fourth-order valence-corrected chi connectivity index (χ4v) is 1.90. The Labute approximate surface area is 93.4 Å². The summed E-state index contributed by atoms with van der Waals surface area (Å²) in [4.78, 5) is 22.6. The van der Waals surface area contributed by atoms with Gasteiger partial charge in [-0.25, -0.2) is 0 Å². The van der Waals surface area contributed by atoms with Crippen LogP contribution in [0.1, 0.15) is 24.3 Å². The van der Waals surface area contributed by atoms with Gasteiger partial charge in [-0.2, -0.15) is 5.10 Å². The summed E-state index contributed by atoms with van der Waals surface area (Å²) in [7, 11) is 3.14. The molecular formula is C11H14N2O3. The Morgan fingerprint density at radius 2 is 2.38 bits per heavy atom. The second-order valence-electron chi connectivity index (χ2n) is 4.12. The molecule has 2 rings (SSSR count). The van der Waals surface area contributed by atoms with Gasteiger partial charge in [0.05, 0.1) is 13.3 Å². The second-order valence-corrected chi connectivity index (χ2v) is 4.12. The molecule has 86 valence electrons. The van der Waals surface area contributed by atoms with Crippen molar-refractivity contribution >= 4 is 11.8 Å². The Balaban J connectivity index is 1.91. The van der Waals surface area contributed by atoms with Crippen molar-refractivity contribution in [2.24, 2.45) is 13.0 Å². The molecule has 0 saturated heterocycles. The molecule has 0 amide bonds. The van der Waals surface area contributed by atoms with Crippen molar-refractivity contribution in [1.29, 1.82) is 0 Å². The highest BCUT2D eigenvalue weighted by atomic mass is 16.5. The van der Waals surface area contributed by atoms with Gasteiger partial charge >= 0.3 is 5.97 Å². The van der Waals surface area contributed by atoms with Gasteiger partial charge in [0.15, 0.2) is 0 Å². The Kier molecular flexibility index (Phi) is 2.77. The summed E-state index contributed by atoms with van der Waals surface area (Å²) < 4.78 is 6.19. The Morgan fingerprint density at radius 3 is 2.94 bits per heavy atom. The van der Waals surface area contributed by atoms with Crippen molar-refractivity contribution < 1.29 is 14.3 Å². The van der Waals surface area contributed by atoms with Gasteiger partial charge in [0.2, 0.25) is 0 Å². The van der Waals surface area contributed by atoms with Crippen LogP contribution >= 0.6 is 0 Å². The Hall–Kier alpha value is -1.65. The van der Waals surface area contributed by atoms with Gasteiger partial charge in [-0.1, -0.05) is 0 Å². The van der Waals surface area contributed by atoms with Crippen LogP contribution in [0, 0.1) is 5.92 Å². The number of aryl methyl sites for hydroxylation is 1. The number of esters is 1. The first-order chi connectivity index (χ1) is 7.61. The van der Waals surface area contributed by atoms with Crippen molar-refractivity contribution in [3.05, 3.63) is 18.0 Å². The van der Waals surface area contributed by atoms with E-state index in [4.69, 9.17) is 0 Å². The number of rotatable bonds is 4. The zero-order valence-electron chi connectivity index (χ0n) is 9.34. The van der Waals surface area contributed by atoms with Gasteiger partial charge in [0.1, 0.15) is 12.2 Å². The first kappa shape index (κ1) is 10.9. The number of aromatic nitrogens is 2. The van der Waals surface area contributed by atoms with E-state index in [0.717, 1.165) is 12.0 Å². The molecule has 0 bridgehead atoms. The summed E-state index contributed by atoms with van der Waals surface area (Å²) in [6.45, 7) is 0. The summed E-state index contributed by atoms with van der Waals surface area (Å²) in [6.07, 6.45) is 4.39. The normalized spacial score (nSPS) is 22.9. The second kappa shape index (κ2) is 4.08. The maximum Gasteiger partial charge on any atom is 0.313 e. The lowest BCUT2D eigenvalue weighted by Gasteiger charge is -1.97. The van der Waals surface area contributed by atoms with Crippen LogP contribution in [0.25, 0.3) is 0 Å². The fourth-order valence-electron chi connectivity index (χ4n) is 1.90. The highest BCUT2D eigenvalue weighted by molar-refractivity contribution is 5.98. The number of hydrogen-bond acceptors (Lipinski definition) is 4. The molecule has 0 N–H and O–H groups in total. The number of nitrogens with zero attached hydrogens (tertiary/aromatic N) is 2. The summed E-state index contributed by atoms with van der Waals surface area (Å²) in [6, 6.07) is 0. The number of Topliss-reactive ketones (excluding diaryl/α,β-unsaturated/α-hetero) is 1. The lowest BCUT2D eigenvalue weighted by molar-refractivity contribution is -0.143. The predicted molar refractivity (Wildman–Crippen MR) is 55.7 cm³/mol. The van der Waals surface area contributed by atoms with E-state index in [1.54, 1.807) is 10.9 Å². The molecule has 1 fully saturated rings. The Morgan fingerprint density at radius 1 is 1.62 bits per heavy atom. The molecule has 0 spiro atoms. The van der Waals surface area contributed by atoms with E-state index in [9.17, 15) is 9.59 Å². The molecule has 1 aliphatic carbocycles. The number of methoxy groups -OCH3 is 1. The van der Waals surface area contributed by atoms with E-state index in [1.807, 2.05) is 13.2 Å². The van der Waals surface area contributed by atoms with Crippen LogP contribution in [0.2, 0.25) is 0 Å². The van der Waals surface area contributed by atoms with Crippen LogP contribution in [0.3, 0.4) is 0 Å². The van der Waals surface area contributed by atoms with Crippen LogP contribution in [0.5, 0.6) is 0 Å². The molecule has 0 aromatic carbocycles. The number of ether oxygens (including phenoxy) is 1. The average Bonchev–Trinajstić information content (AvgIpc) is 2.95. The summed E-state index contributed by atoms with van der Waals surface area (Å²) in [5.74, 6) is -0.267.